The van der Waals surface area contributed by atoms with Crippen molar-refractivity contribution in [1.82, 2.24) is 19.3 Å². The Bertz CT molecular complexity index is 638. The highest BCUT2D eigenvalue weighted by Gasteiger charge is 2.53. The van der Waals surface area contributed by atoms with E-state index in [9.17, 15) is 9.59 Å². The quantitative estimate of drug-likeness (QED) is 0.766. The molecule has 3 rings (SSSR count). The molecule has 2 aliphatic heterocycles. The molecule has 1 atom stereocenters. The molecular weight excluding hydrogens is 292 g/mol. The summed E-state index contributed by atoms with van der Waals surface area (Å²) in [5, 5.41) is 0. The molecule has 0 radical (unpaired) electrons. The molecule has 1 aromatic rings. The Morgan fingerprint density at radius 2 is 2.13 bits per heavy atom. The van der Waals surface area contributed by atoms with Gasteiger partial charge in [0.25, 0.3) is 5.91 Å². The predicted molar refractivity (Wildman–Crippen MR) is 88.1 cm³/mol. The van der Waals surface area contributed by atoms with Crippen molar-refractivity contribution in [2.24, 2.45) is 7.05 Å². The lowest BCUT2D eigenvalue weighted by atomic mass is 9.91. The van der Waals surface area contributed by atoms with E-state index in [1.165, 1.54) is 0 Å². The molecule has 2 saturated heterocycles. The molecule has 124 valence electrons. The summed E-state index contributed by atoms with van der Waals surface area (Å²) >= 11 is 0. The van der Waals surface area contributed by atoms with Gasteiger partial charge >= 0.3 is 0 Å². The number of hydrogen-bond acceptors (Lipinski definition) is 3. The minimum atomic E-state index is -0.595. The third-order valence-corrected chi connectivity index (χ3v) is 5.10. The Balaban J connectivity index is 1.85. The summed E-state index contributed by atoms with van der Waals surface area (Å²) in [5.74, 6) is 0.113. The Morgan fingerprint density at radius 1 is 1.35 bits per heavy atom. The summed E-state index contributed by atoms with van der Waals surface area (Å²) in [6, 6.07) is 3.69. The first-order valence-corrected chi connectivity index (χ1v) is 8.02. The van der Waals surface area contributed by atoms with Crippen LogP contribution in [0.5, 0.6) is 0 Å². The average molecular weight is 316 g/mol. The van der Waals surface area contributed by atoms with Crippen molar-refractivity contribution < 1.29 is 9.59 Å². The van der Waals surface area contributed by atoms with Gasteiger partial charge in [-0.05, 0) is 18.6 Å². The monoisotopic (exact) mass is 316 g/mol. The third-order valence-electron chi connectivity index (χ3n) is 5.10. The molecule has 0 aliphatic carbocycles. The highest BCUT2D eigenvalue weighted by molar-refractivity contribution is 5.95. The fourth-order valence-corrected chi connectivity index (χ4v) is 3.74. The Hall–Kier alpha value is -2.08. The topological polar surface area (TPSA) is 48.8 Å². The van der Waals surface area contributed by atoms with Crippen molar-refractivity contribution in [1.29, 1.82) is 0 Å². The number of hydrogen-bond donors (Lipinski definition) is 0. The lowest BCUT2D eigenvalue weighted by molar-refractivity contribution is -0.148. The minimum absolute atomic E-state index is 0.00560. The number of amides is 2. The fourth-order valence-electron chi connectivity index (χ4n) is 3.74. The number of carbonyl (C=O) groups is 2. The molecule has 0 bridgehead atoms. The molecule has 0 N–H and O–H groups in total. The van der Waals surface area contributed by atoms with Crippen molar-refractivity contribution in [3.05, 3.63) is 36.7 Å². The number of likely N-dealkylation sites (tertiary alicyclic amines) is 1. The van der Waals surface area contributed by atoms with Crippen molar-refractivity contribution in [2.75, 3.05) is 39.8 Å². The number of aryl methyl sites for hydroxylation is 1. The van der Waals surface area contributed by atoms with Crippen LogP contribution in [0.1, 0.15) is 16.9 Å². The smallest absolute Gasteiger partial charge is 0.270 e. The third kappa shape index (κ3) is 2.47. The van der Waals surface area contributed by atoms with Crippen molar-refractivity contribution in [3.8, 4) is 0 Å². The lowest BCUT2D eigenvalue weighted by Crippen LogP contribution is -2.66. The first-order chi connectivity index (χ1) is 11.0. The van der Waals surface area contributed by atoms with Crippen LogP contribution in [0.4, 0.5) is 0 Å². The molecule has 1 aromatic heterocycles. The van der Waals surface area contributed by atoms with Crippen LogP contribution in [0.25, 0.3) is 0 Å². The number of likely N-dealkylation sites (N-methyl/N-ethyl adjacent to an activating group) is 1. The molecule has 2 aliphatic rings. The summed E-state index contributed by atoms with van der Waals surface area (Å²) in [6.45, 7) is 7.08. The normalized spacial score (nSPS) is 25.4. The molecule has 3 heterocycles. The molecule has 0 aromatic carbocycles. The molecular formula is C17H24N4O2. The zero-order valence-electron chi connectivity index (χ0n) is 13.9. The zero-order valence-corrected chi connectivity index (χ0v) is 13.9. The fraction of sp³-hybridized carbons (Fsp3) is 0.529. The molecule has 23 heavy (non-hydrogen) atoms. The standard InChI is InChI=1S/C17H24N4O2/c1-4-8-21-12-11-19(3)16(23)17(21)7-10-20(13-17)15(22)14-6-5-9-18(14)2/h4-6,9H,1,7-8,10-13H2,2-3H3/t17-/m1/s1. The lowest BCUT2D eigenvalue weighted by Gasteiger charge is -2.46. The first-order valence-electron chi connectivity index (χ1n) is 8.02. The number of nitrogens with zero attached hydrogens (tertiary/aromatic N) is 4. The molecule has 1 spiro atoms. The zero-order chi connectivity index (χ0) is 16.6. The van der Waals surface area contributed by atoms with Crippen molar-refractivity contribution in [3.63, 3.8) is 0 Å². The van der Waals surface area contributed by atoms with Crippen LogP contribution in [-0.4, -0.2) is 76.4 Å². The highest BCUT2D eigenvalue weighted by atomic mass is 16.2. The largest absolute Gasteiger partial charge is 0.347 e. The number of piperazine rings is 1. The number of aromatic nitrogens is 1. The second-order valence-electron chi connectivity index (χ2n) is 6.47. The van der Waals surface area contributed by atoms with E-state index in [1.54, 1.807) is 4.90 Å². The van der Waals surface area contributed by atoms with Gasteiger partial charge in [0.2, 0.25) is 5.91 Å². The SMILES string of the molecule is C=CCN1CCN(C)C(=O)[C@]12CCN(C(=O)c1cccn1C)C2. The second-order valence-corrected chi connectivity index (χ2v) is 6.47. The van der Waals surface area contributed by atoms with Gasteiger partial charge in [-0.3, -0.25) is 14.5 Å². The summed E-state index contributed by atoms with van der Waals surface area (Å²) in [5.41, 5.74) is 0.0658. The van der Waals surface area contributed by atoms with Gasteiger partial charge in [0.15, 0.2) is 0 Å². The van der Waals surface area contributed by atoms with E-state index in [1.807, 2.05) is 48.0 Å². The minimum Gasteiger partial charge on any atom is -0.347 e. The van der Waals surface area contributed by atoms with Gasteiger partial charge in [0.05, 0.1) is 0 Å². The van der Waals surface area contributed by atoms with Crippen LogP contribution in [0.2, 0.25) is 0 Å². The Labute approximate surface area is 136 Å². The maximum Gasteiger partial charge on any atom is 0.270 e. The van der Waals surface area contributed by atoms with Crippen LogP contribution in [-0.2, 0) is 11.8 Å². The molecule has 2 amide bonds. The average Bonchev–Trinajstić information content (AvgIpc) is 3.15. The van der Waals surface area contributed by atoms with Crippen LogP contribution in [0, 0.1) is 0 Å². The maximum atomic E-state index is 12.9. The van der Waals surface area contributed by atoms with Crippen LogP contribution >= 0.6 is 0 Å². The van der Waals surface area contributed by atoms with Gasteiger partial charge in [-0.2, -0.15) is 0 Å². The second kappa shape index (κ2) is 5.85. The van der Waals surface area contributed by atoms with Crippen LogP contribution in [0.15, 0.2) is 31.0 Å². The van der Waals surface area contributed by atoms with E-state index in [2.05, 4.69) is 11.5 Å². The summed E-state index contributed by atoms with van der Waals surface area (Å²) in [4.78, 5) is 31.4. The molecule has 6 nitrogen and oxygen atoms in total. The summed E-state index contributed by atoms with van der Waals surface area (Å²) in [7, 11) is 3.71. The molecule has 0 saturated carbocycles. The molecule has 6 heteroatoms. The molecule has 0 unspecified atom stereocenters. The van der Waals surface area contributed by atoms with E-state index in [0.717, 1.165) is 13.1 Å². The maximum absolute atomic E-state index is 12.9. The van der Waals surface area contributed by atoms with Gasteiger partial charge in [0.1, 0.15) is 11.2 Å². The first kappa shape index (κ1) is 15.8. The van der Waals surface area contributed by atoms with Crippen LogP contribution < -0.4 is 0 Å². The Morgan fingerprint density at radius 3 is 2.78 bits per heavy atom. The van der Waals surface area contributed by atoms with Gasteiger partial charge in [-0.25, -0.2) is 0 Å². The van der Waals surface area contributed by atoms with Crippen LogP contribution in [0.3, 0.4) is 0 Å². The van der Waals surface area contributed by atoms with Gasteiger partial charge in [0, 0.05) is 53.0 Å². The van der Waals surface area contributed by atoms with Gasteiger partial charge < -0.3 is 14.4 Å². The van der Waals surface area contributed by atoms with E-state index >= 15 is 0 Å². The molecule has 2 fully saturated rings. The number of rotatable bonds is 3. The van der Waals surface area contributed by atoms with Gasteiger partial charge in [-0.15, -0.1) is 6.58 Å². The summed E-state index contributed by atoms with van der Waals surface area (Å²) in [6.07, 6.45) is 4.38. The van der Waals surface area contributed by atoms with Crippen molar-refractivity contribution >= 4 is 11.8 Å². The van der Waals surface area contributed by atoms with E-state index in [4.69, 9.17) is 0 Å². The van der Waals surface area contributed by atoms with E-state index in [0.29, 0.717) is 31.7 Å². The number of carbonyl (C=O) groups excluding carboxylic acids is 2. The predicted octanol–water partition coefficient (Wildman–Crippen LogP) is 0.570. The van der Waals surface area contributed by atoms with Crippen molar-refractivity contribution in [2.45, 2.75) is 12.0 Å². The van der Waals surface area contributed by atoms with Gasteiger partial charge in [-0.1, -0.05) is 6.08 Å². The Kier molecular flexibility index (Phi) is 4.02. The van der Waals surface area contributed by atoms with E-state index in [-0.39, 0.29) is 11.8 Å². The summed E-state index contributed by atoms with van der Waals surface area (Å²) < 4.78 is 1.82. The highest BCUT2D eigenvalue weighted by Crippen LogP contribution is 2.33. The van der Waals surface area contributed by atoms with E-state index < -0.39 is 5.54 Å².